The summed E-state index contributed by atoms with van der Waals surface area (Å²) in [7, 11) is 0. The lowest BCUT2D eigenvalue weighted by Gasteiger charge is -2.44. The Bertz CT molecular complexity index is 809. The number of hydrogen-bond donors (Lipinski definition) is 1. The van der Waals surface area contributed by atoms with Crippen LogP contribution in [0.4, 0.5) is 0 Å². The molecule has 1 N–H and O–H groups in total. The molecule has 0 fully saturated rings. The summed E-state index contributed by atoms with van der Waals surface area (Å²) in [6, 6.07) is 9.25. The summed E-state index contributed by atoms with van der Waals surface area (Å²) < 4.78 is 12.3. The number of carbonyl (C=O) groups excluding carboxylic acids is 2. The van der Waals surface area contributed by atoms with Crippen LogP contribution in [0.25, 0.3) is 0 Å². The first-order chi connectivity index (χ1) is 14.3. The molecule has 1 aromatic rings. The Balaban J connectivity index is 3.36. The fourth-order valence-electron chi connectivity index (χ4n) is 3.21. The van der Waals surface area contributed by atoms with Gasteiger partial charge in [-0.1, -0.05) is 65.0 Å². The van der Waals surface area contributed by atoms with E-state index in [1.54, 1.807) is 48.5 Å². The highest BCUT2D eigenvalue weighted by atomic mass is 16.5. The van der Waals surface area contributed by atoms with Gasteiger partial charge in [-0.2, -0.15) is 0 Å². The van der Waals surface area contributed by atoms with Crippen LogP contribution in [0.1, 0.15) is 87.3 Å². The highest BCUT2D eigenvalue weighted by molar-refractivity contribution is 5.92. The van der Waals surface area contributed by atoms with Gasteiger partial charge in [0.05, 0.1) is 23.0 Å². The van der Waals surface area contributed by atoms with Crippen LogP contribution < -0.4 is 0 Å². The summed E-state index contributed by atoms with van der Waals surface area (Å²) in [5.41, 5.74) is -2.89. The fraction of sp³-hybridized carbons (Fsp3) is 0.654. The second-order valence-corrected chi connectivity index (χ2v) is 11.3. The smallest absolute Gasteiger partial charge is 0.306 e. The summed E-state index contributed by atoms with van der Waals surface area (Å²) in [6.45, 7) is 17.7. The van der Waals surface area contributed by atoms with Crippen LogP contribution in [0.15, 0.2) is 30.3 Å². The number of rotatable bonds is 10. The highest BCUT2D eigenvalue weighted by Gasteiger charge is 2.50. The summed E-state index contributed by atoms with van der Waals surface area (Å²) in [5.74, 6) is -1.66. The first-order valence-electron chi connectivity index (χ1n) is 11.0. The predicted molar refractivity (Wildman–Crippen MR) is 124 cm³/mol. The maximum absolute atomic E-state index is 13.9. The number of hydrogen-bond acceptors (Lipinski definition) is 5. The molecular formula is C26H40O6. The minimum Gasteiger partial charge on any atom is -0.481 e. The number of aliphatic carboxylic acids is 1. The highest BCUT2D eigenvalue weighted by Crippen LogP contribution is 2.42. The lowest BCUT2D eigenvalue weighted by atomic mass is 9.70. The van der Waals surface area contributed by atoms with E-state index < -0.39 is 46.6 Å². The van der Waals surface area contributed by atoms with Crippen molar-refractivity contribution >= 4 is 17.5 Å². The third-order valence-electron chi connectivity index (χ3n) is 5.76. The van der Waals surface area contributed by atoms with Crippen molar-refractivity contribution in [3.05, 3.63) is 35.9 Å². The number of carboxylic acid groups (broad SMARTS) is 1. The van der Waals surface area contributed by atoms with Crippen molar-refractivity contribution < 1.29 is 29.0 Å². The van der Waals surface area contributed by atoms with E-state index in [-0.39, 0.29) is 11.6 Å². The monoisotopic (exact) mass is 448 g/mol. The molecule has 2 unspecified atom stereocenters. The Labute approximate surface area is 192 Å². The molecule has 0 radical (unpaired) electrons. The Hall–Kier alpha value is -2.05. The fourth-order valence-corrected chi connectivity index (χ4v) is 3.21. The molecule has 0 aliphatic rings. The van der Waals surface area contributed by atoms with E-state index in [0.717, 1.165) is 5.56 Å². The quantitative estimate of drug-likeness (QED) is 0.516. The Morgan fingerprint density at radius 1 is 0.812 bits per heavy atom. The molecule has 6 heteroatoms. The van der Waals surface area contributed by atoms with E-state index in [9.17, 15) is 19.5 Å². The van der Waals surface area contributed by atoms with E-state index in [4.69, 9.17) is 9.47 Å². The second kappa shape index (κ2) is 9.84. The van der Waals surface area contributed by atoms with Crippen molar-refractivity contribution in [1.29, 1.82) is 0 Å². The molecule has 1 aromatic carbocycles. The van der Waals surface area contributed by atoms with Crippen LogP contribution in [0, 0.1) is 10.8 Å². The number of benzene rings is 1. The largest absolute Gasteiger partial charge is 0.481 e. The molecule has 180 valence electrons. The van der Waals surface area contributed by atoms with E-state index in [2.05, 4.69) is 0 Å². The average Bonchev–Trinajstić information content (AvgIpc) is 2.62. The Morgan fingerprint density at radius 2 is 1.31 bits per heavy atom. The third-order valence-corrected chi connectivity index (χ3v) is 5.76. The van der Waals surface area contributed by atoms with E-state index >= 15 is 0 Å². The van der Waals surface area contributed by atoms with E-state index in [1.807, 2.05) is 51.1 Å². The molecule has 0 saturated heterocycles. The van der Waals surface area contributed by atoms with Gasteiger partial charge in [-0.3, -0.25) is 14.4 Å². The van der Waals surface area contributed by atoms with Crippen molar-refractivity contribution in [2.45, 2.75) is 99.1 Å². The third kappa shape index (κ3) is 7.24. The van der Waals surface area contributed by atoms with Gasteiger partial charge in [0.1, 0.15) is 12.2 Å². The van der Waals surface area contributed by atoms with Crippen molar-refractivity contribution in [3.8, 4) is 0 Å². The van der Waals surface area contributed by atoms with Gasteiger partial charge in [-0.05, 0) is 40.2 Å². The summed E-state index contributed by atoms with van der Waals surface area (Å²) >= 11 is 0. The maximum atomic E-state index is 13.9. The van der Waals surface area contributed by atoms with Crippen LogP contribution in [0.3, 0.4) is 0 Å². The van der Waals surface area contributed by atoms with Crippen LogP contribution in [-0.4, -0.2) is 39.9 Å². The SMILES string of the molecule is CC(C)(C)OC(C(=O)C(C)(C)C(C)(C)OC(CC(=O)O)C(=O)C(C)(C)C)c1ccccc1. The van der Waals surface area contributed by atoms with Gasteiger partial charge in [0.2, 0.25) is 0 Å². The van der Waals surface area contributed by atoms with Crippen LogP contribution in [-0.2, 0) is 23.9 Å². The Morgan fingerprint density at radius 3 is 1.72 bits per heavy atom. The molecule has 0 aliphatic carbocycles. The molecule has 0 amide bonds. The summed E-state index contributed by atoms with van der Waals surface area (Å²) in [5, 5.41) is 9.35. The average molecular weight is 449 g/mol. The number of Topliss-reactive ketones (excluding diaryl/α,β-unsaturated/α-hetero) is 2. The minimum atomic E-state index is -1.17. The van der Waals surface area contributed by atoms with Crippen LogP contribution in [0.5, 0.6) is 0 Å². The lowest BCUT2D eigenvalue weighted by molar-refractivity contribution is -0.185. The van der Waals surface area contributed by atoms with Crippen molar-refractivity contribution in [1.82, 2.24) is 0 Å². The lowest BCUT2D eigenvalue weighted by Crippen LogP contribution is -2.53. The first-order valence-corrected chi connectivity index (χ1v) is 11.0. The molecule has 0 bridgehead atoms. The first kappa shape index (κ1) is 28.0. The molecule has 6 nitrogen and oxygen atoms in total. The molecule has 2 atom stereocenters. The van der Waals surface area contributed by atoms with Gasteiger partial charge >= 0.3 is 5.97 Å². The zero-order chi connectivity index (χ0) is 25.1. The van der Waals surface area contributed by atoms with Gasteiger partial charge in [0, 0.05) is 5.41 Å². The van der Waals surface area contributed by atoms with Crippen molar-refractivity contribution in [2.75, 3.05) is 0 Å². The Kier molecular flexibility index (Phi) is 8.60. The number of carbonyl (C=O) groups is 3. The van der Waals surface area contributed by atoms with Gasteiger partial charge in [-0.25, -0.2) is 0 Å². The van der Waals surface area contributed by atoms with E-state index in [0.29, 0.717) is 0 Å². The van der Waals surface area contributed by atoms with Crippen LogP contribution in [0.2, 0.25) is 0 Å². The molecule has 0 aliphatic heterocycles. The minimum absolute atomic E-state index is 0.207. The number of carboxylic acids is 1. The van der Waals surface area contributed by atoms with Crippen molar-refractivity contribution in [3.63, 3.8) is 0 Å². The normalized spacial score (nSPS) is 15.2. The van der Waals surface area contributed by atoms with Gasteiger partial charge in [-0.15, -0.1) is 0 Å². The molecule has 0 spiro atoms. The van der Waals surface area contributed by atoms with Crippen LogP contribution >= 0.6 is 0 Å². The molecular weight excluding hydrogens is 408 g/mol. The summed E-state index contributed by atoms with van der Waals surface area (Å²) in [6.07, 6.45) is -2.48. The van der Waals surface area contributed by atoms with Gasteiger partial charge in [0.25, 0.3) is 0 Å². The van der Waals surface area contributed by atoms with E-state index in [1.165, 1.54) is 0 Å². The predicted octanol–water partition coefficient (Wildman–Crippen LogP) is 5.39. The zero-order valence-corrected chi connectivity index (χ0v) is 21.2. The molecule has 0 heterocycles. The molecule has 32 heavy (non-hydrogen) atoms. The second-order valence-electron chi connectivity index (χ2n) is 11.3. The van der Waals surface area contributed by atoms with Crippen molar-refractivity contribution in [2.24, 2.45) is 10.8 Å². The number of ketones is 2. The standard InChI is InChI=1S/C26H40O6/c1-23(2,3)21(29)18(16-19(27)28)31-26(9,10)25(7,8)22(30)20(32-24(4,5)6)17-14-12-11-13-15-17/h11-15,18,20H,16H2,1-10H3,(H,27,28). The molecule has 1 rings (SSSR count). The number of ether oxygens (including phenoxy) is 2. The maximum Gasteiger partial charge on any atom is 0.306 e. The zero-order valence-electron chi connectivity index (χ0n) is 21.2. The molecule has 0 saturated carbocycles. The van der Waals surface area contributed by atoms with Gasteiger partial charge < -0.3 is 14.6 Å². The summed E-state index contributed by atoms with van der Waals surface area (Å²) in [4.78, 5) is 38.2. The van der Waals surface area contributed by atoms with Gasteiger partial charge in [0.15, 0.2) is 11.6 Å². The topological polar surface area (TPSA) is 89.9 Å². The molecule has 0 aromatic heterocycles.